The molecule has 2 aromatic carbocycles. The van der Waals surface area contributed by atoms with Gasteiger partial charge in [0.1, 0.15) is 12.1 Å². The van der Waals surface area contributed by atoms with Crippen molar-refractivity contribution in [2.24, 2.45) is 5.73 Å². The number of amides is 3. The number of morpholine rings is 1. The average Bonchev–Trinajstić information content (AvgIpc) is 3.20. The Morgan fingerprint density at radius 1 is 1.09 bits per heavy atom. The van der Waals surface area contributed by atoms with Gasteiger partial charge in [0.2, 0.25) is 11.8 Å². The lowest BCUT2D eigenvalue weighted by Gasteiger charge is -2.36. The highest BCUT2D eigenvalue weighted by Crippen LogP contribution is 2.39. The molecule has 2 aliphatic heterocycles. The Hall–Kier alpha value is -2.94. The van der Waals surface area contributed by atoms with E-state index < -0.39 is 11.4 Å². The molecule has 1 unspecified atom stereocenters. The molecule has 0 bridgehead atoms. The molecule has 4 rings (SSSR count). The van der Waals surface area contributed by atoms with Gasteiger partial charge in [-0.1, -0.05) is 23.7 Å². The van der Waals surface area contributed by atoms with Crippen molar-refractivity contribution in [2.45, 2.75) is 18.4 Å². The Bertz CT molecular complexity index is 1010. The number of anilines is 2. The summed E-state index contributed by atoms with van der Waals surface area (Å²) < 4.78 is 5.18. The molecule has 0 saturated carbocycles. The van der Waals surface area contributed by atoms with E-state index >= 15 is 0 Å². The van der Waals surface area contributed by atoms with Crippen LogP contribution in [0.1, 0.15) is 18.4 Å². The maximum atomic E-state index is 12.7. The number of primary amides is 1. The predicted molar refractivity (Wildman–Crippen MR) is 121 cm³/mol. The van der Waals surface area contributed by atoms with Crippen LogP contribution < -0.4 is 16.0 Å². The van der Waals surface area contributed by atoms with E-state index in [1.165, 1.54) is 0 Å². The number of nitrogens with one attached hydrogen (secondary N) is 1. The molecule has 0 radical (unpaired) electrons. The molecule has 0 spiro atoms. The van der Waals surface area contributed by atoms with Crippen molar-refractivity contribution >= 4 is 40.7 Å². The molecular weight excluding hydrogens is 432 g/mol. The monoisotopic (exact) mass is 456 g/mol. The van der Waals surface area contributed by atoms with Gasteiger partial charge in [-0.25, -0.2) is 0 Å². The fourth-order valence-corrected chi connectivity index (χ4v) is 4.58. The van der Waals surface area contributed by atoms with Gasteiger partial charge in [-0.15, -0.1) is 0 Å². The number of rotatable bonds is 6. The smallest absolute Gasteiger partial charge is 0.253 e. The Kier molecular flexibility index (Phi) is 6.45. The molecule has 2 saturated heterocycles. The molecule has 168 valence electrons. The zero-order chi connectivity index (χ0) is 22.7. The first-order valence-corrected chi connectivity index (χ1v) is 10.9. The number of ether oxygens (including phenoxy) is 1. The lowest BCUT2D eigenvalue weighted by atomic mass is 9.86. The van der Waals surface area contributed by atoms with Crippen LogP contribution >= 0.6 is 11.6 Å². The van der Waals surface area contributed by atoms with Crippen molar-refractivity contribution in [3.05, 3.63) is 59.1 Å². The van der Waals surface area contributed by atoms with Gasteiger partial charge in [-0.2, -0.15) is 0 Å². The van der Waals surface area contributed by atoms with E-state index in [4.69, 9.17) is 22.1 Å². The number of likely N-dealkylation sites (tertiary alicyclic amines) is 1. The van der Waals surface area contributed by atoms with Crippen LogP contribution in [0.3, 0.4) is 0 Å². The number of hydrogen-bond donors (Lipinski definition) is 2. The summed E-state index contributed by atoms with van der Waals surface area (Å²) in [5.74, 6) is -0.838. The van der Waals surface area contributed by atoms with Gasteiger partial charge in [0.25, 0.3) is 5.91 Å². The maximum Gasteiger partial charge on any atom is 0.253 e. The van der Waals surface area contributed by atoms with Gasteiger partial charge < -0.3 is 20.7 Å². The molecule has 0 aliphatic carbocycles. The summed E-state index contributed by atoms with van der Waals surface area (Å²) in [4.78, 5) is 41.0. The Morgan fingerprint density at radius 3 is 2.47 bits per heavy atom. The minimum absolute atomic E-state index is 0.0231. The van der Waals surface area contributed by atoms with Crippen molar-refractivity contribution in [3.63, 3.8) is 0 Å². The van der Waals surface area contributed by atoms with Crippen LogP contribution in [0.25, 0.3) is 0 Å². The van der Waals surface area contributed by atoms with Gasteiger partial charge in [-0.3, -0.25) is 19.3 Å². The van der Waals surface area contributed by atoms with E-state index in [0.29, 0.717) is 42.4 Å². The highest BCUT2D eigenvalue weighted by atomic mass is 35.5. The lowest BCUT2D eigenvalue weighted by Crippen LogP contribution is -2.53. The Balaban J connectivity index is 1.53. The number of nitrogens with zero attached hydrogens (tertiary/aromatic N) is 2. The third-order valence-corrected chi connectivity index (χ3v) is 6.27. The van der Waals surface area contributed by atoms with Crippen LogP contribution in [0.15, 0.2) is 48.5 Å². The second-order valence-corrected chi connectivity index (χ2v) is 8.39. The number of nitrogens with two attached hydrogens (primary N) is 1. The summed E-state index contributed by atoms with van der Waals surface area (Å²) in [6.07, 6.45) is 1.26. The SMILES string of the molecule is NC(=O)C1(c2ccc(N3CCOCC3=O)cc2)CCCN1CC(=O)Nc1ccc(Cl)cc1. The number of carbonyl (C=O) groups excluding carboxylic acids is 3. The largest absolute Gasteiger partial charge is 0.370 e. The van der Waals surface area contributed by atoms with Gasteiger partial charge in [-0.05, 0) is 54.8 Å². The molecule has 1 atom stereocenters. The van der Waals surface area contributed by atoms with Crippen LogP contribution in [0.2, 0.25) is 5.02 Å². The topological polar surface area (TPSA) is 105 Å². The van der Waals surface area contributed by atoms with Crippen LogP contribution in [0, 0.1) is 0 Å². The molecule has 0 aromatic heterocycles. The van der Waals surface area contributed by atoms with Crippen LogP contribution in [0.5, 0.6) is 0 Å². The summed E-state index contributed by atoms with van der Waals surface area (Å²) in [6.45, 7) is 1.62. The minimum Gasteiger partial charge on any atom is -0.370 e. The number of halogens is 1. The van der Waals surface area contributed by atoms with Crippen molar-refractivity contribution in [3.8, 4) is 0 Å². The van der Waals surface area contributed by atoms with Crippen molar-refractivity contribution in [2.75, 3.05) is 43.1 Å². The highest BCUT2D eigenvalue weighted by molar-refractivity contribution is 6.30. The minimum atomic E-state index is -1.08. The number of hydrogen-bond acceptors (Lipinski definition) is 5. The Morgan fingerprint density at radius 2 is 1.81 bits per heavy atom. The molecule has 8 nitrogen and oxygen atoms in total. The normalized spacial score (nSPS) is 21.5. The summed E-state index contributed by atoms with van der Waals surface area (Å²) in [6, 6.07) is 14.1. The standard InChI is InChI=1S/C23H25ClN4O4/c24-17-4-6-18(7-5-17)26-20(29)14-27-11-1-10-23(27,22(25)31)16-2-8-19(9-3-16)28-12-13-32-15-21(28)30/h2-9H,1,10-15H2,(H2,25,31)(H,26,29). The van der Waals surface area contributed by atoms with E-state index in [-0.39, 0.29) is 25.0 Å². The van der Waals surface area contributed by atoms with Crippen molar-refractivity contribution in [1.29, 1.82) is 0 Å². The number of benzene rings is 2. The summed E-state index contributed by atoms with van der Waals surface area (Å²) in [7, 11) is 0. The fourth-order valence-electron chi connectivity index (χ4n) is 4.45. The second-order valence-electron chi connectivity index (χ2n) is 7.95. The zero-order valence-electron chi connectivity index (χ0n) is 17.6. The van der Waals surface area contributed by atoms with Crippen LogP contribution in [-0.2, 0) is 24.7 Å². The predicted octanol–water partition coefficient (Wildman–Crippen LogP) is 2.12. The first-order valence-electron chi connectivity index (χ1n) is 10.5. The van der Waals surface area contributed by atoms with Gasteiger partial charge in [0.05, 0.1) is 13.2 Å². The number of carbonyl (C=O) groups is 3. The van der Waals surface area contributed by atoms with Gasteiger partial charge in [0, 0.05) is 29.5 Å². The molecular formula is C23H25ClN4O4. The van der Waals surface area contributed by atoms with Crippen LogP contribution in [-0.4, -0.2) is 55.5 Å². The first-order chi connectivity index (χ1) is 15.4. The van der Waals surface area contributed by atoms with Crippen molar-refractivity contribution < 1.29 is 19.1 Å². The molecule has 32 heavy (non-hydrogen) atoms. The van der Waals surface area contributed by atoms with Gasteiger partial charge >= 0.3 is 0 Å². The molecule has 2 fully saturated rings. The molecule has 3 N–H and O–H groups in total. The van der Waals surface area contributed by atoms with E-state index in [2.05, 4.69) is 5.32 Å². The maximum absolute atomic E-state index is 12.7. The van der Waals surface area contributed by atoms with Gasteiger partial charge in [0.15, 0.2) is 0 Å². The molecule has 3 amide bonds. The molecule has 2 aromatic rings. The molecule has 9 heteroatoms. The average molecular weight is 457 g/mol. The summed E-state index contributed by atoms with van der Waals surface area (Å²) >= 11 is 5.89. The zero-order valence-corrected chi connectivity index (χ0v) is 18.3. The van der Waals surface area contributed by atoms with Crippen molar-refractivity contribution in [1.82, 2.24) is 4.90 Å². The second kappa shape index (κ2) is 9.28. The highest BCUT2D eigenvalue weighted by Gasteiger charge is 2.48. The Labute approximate surface area is 191 Å². The van der Waals surface area contributed by atoms with E-state index in [1.54, 1.807) is 29.2 Å². The molecule has 2 heterocycles. The fraction of sp³-hybridized carbons (Fsp3) is 0.348. The third kappa shape index (κ3) is 4.34. The quantitative estimate of drug-likeness (QED) is 0.692. The van der Waals surface area contributed by atoms with E-state index in [0.717, 1.165) is 12.1 Å². The summed E-state index contributed by atoms with van der Waals surface area (Å²) in [5, 5.41) is 3.41. The van der Waals surface area contributed by atoms with E-state index in [9.17, 15) is 14.4 Å². The first kappa shape index (κ1) is 22.3. The third-order valence-electron chi connectivity index (χ3n) is 6.02. The van der Waals surface area contributed by atoms with E-state index in [1.807, 2.05) is 29.2 Å². The lowest BCUT2D eigenvalue weighted by molar-refractivity contribution is -0.131. The van der Waals surface area contributed by atoms with Crippen LogP contribution in [0.4, 0.5) is 11.4 Å². The summed E-state index contributed by atoms with van der Waals surface area (Å²) in [5.41, 5.74) is 6.90. The molecule has 2 aliphatic rings.